The number of halogens is 3. The van der Waals surface area contributed by atoms with E-state index in [2.05, 4.69) is 0 Å². The molecule has 0 bridgehead atoms. The molecule has 0 aromatic heterocycles. The van der Waals surface area contributed by atoms with Crippen molar-refractivity contribution in [3.8, 4) is 11.8 Å². The Morgan fingerprint density at radius 2 is 1.94 bits per heavy atom. The maximum Gasteiger partial charge on any atom is 1.00 e. The summed E-state index contributed by atoms with van der Waals surface area (Å²) in [5, 5.41) is 8.95. The van der Waals surface area contributed by atoms with Gasteiger partial charge in [-0.05, 0) is 30.3 Å². The number of sulfonamides is 1. The molecule has 1 heterocycles. The number of ether oxygens (including phenoxy) is 1. The Morgan fingerprint density at radius 1 is 1.28 bits per heavy atom. The van der Waals surface area contributed by atoms with Gasteiger partial charge in [0.05, 0.1) is 10.6 Å². The van der Waals surface area contributed by atoms with Crippen molar-refractivity contribution in [2.45, 2.75) is 10.5 Å². The van der Waals surface area contributed by atoms with Crippen molar-refractivity contribution < 1.29 is 61.1 Å². The van der Waals surface area contributed by atoms with Crippen LogP contribution in [-0.2, 0) is 19.1 Å². The summed E-state index contributed by atoms with van der Waals surface area (Å²) in [7, 11) is -8.33. The monoisotopic (exact) mass is 530 g/mol. The molecule has 1 fully saturated rings. The number of benzene rings is 2. The van der Waals surface area contributed by atoms with E-state index in [0.29, 0.717) is 0 Å². The molecule has 14 heteroatoms. The van der Waals surface area contributed by atoms with E-state index in [9.17, 15) is 22.3 Å². The molecular weight excluding hydrogens is 516 g/mol. The van der Waals surface area contributed by atoms with Gasteiger partial charge in [0, 0.05) is 30.8 Å². The molecule has 1 saturated heterocycles. The molecule has 166 valence electrons. The van der Waals surface area contributed by atoms with E-state index in [0.717, 1.165) is 17.0 Å². The number of hydrogen-bond acceptors (Lipinski definition) is 7. The minimum atomic E-state index is -4.27. The molecule has 32 heavy (non-hydrogen) atoms. The number of hydrogen-bond donors (Lipinski definition) is 0. The van der Waals surface area contributed by atoms with Crippen LogP contribution in [0.2, 0.25) is 10.0 Å². The second kappa shape index (κ2) is 10.3. The molecule has 1 aliphatic rings. The molecule has 1 unspecified atom stereocenters. The summed E-state index contributed by atoms with van der Waals surface area (Å²) in [6.07, 6.45) is 0. The summed E-state index contributed by atoms with van der Waals surface area (Å²) < 4.78 is 62.8. The SMILES string of the molecule is CP(=O)([O-])OC1(COc2ccc(C#N)c(F)c2)CN(S(=O)(=O)c2ccc(Cl)cc2Cl)C1.[Na+]. The van der Waals surface area contributed by atoms with Gasteiger partial charge in [0.1, 0.15) is 42.3 Å². The van der Waals surface area contributed by atoms with E-state index in [1.165, 1.54) is 30.3 Å². The van der Waals surface area contributed by atoms with Crippen LogP contribution in [0.25, 0.3) is 0 Å². The Kier molecular flexibility index (Phi) is 8.85. The standard InChI is InChI=1S/C18H16Cl2FN2O6PS.Na/c1-30(24,25)29-18(11-28-14-4-2-12(8-22)16(21)7-14)9-23(10-18)31(26,27)17-5-3-13(19)6-15(17)20;/h2-7H,9-11H2,1H3,(H,24,25);/q;+1/p-1. The molecule has 1 aliphatic heterocycles. The van der Waals surface area contributed by atoms with Gasteiger partial charge >= 0.3 is 29.6 Å². The molecule has 0 saturated carbocycles. The first-order valence-electron chi connectivity index (χ1n) is 8.62. The van der Waals surface area contributed by atoms with Crippen LogP contribution in [0.3, 0.4) is 0 Å². The average molecular weight is 531 g/mol. The minimum Gasteiger partial charge on any atom is -0.779 e. The van der Waals surface area contributed by atoms with Crippen LogP contribution in [0, 0.1) is 17.1 Å². The quantitative estimate of drug-likeness (QED) is 0.366. The van der Waals surface area contributed by atoms with Crippen LogP contribution in [0.1, 0.15) is 5.56 Å². The molecular formula is C18H15Cl2FN2NaO6PS. The first kappa shape index (κ1) is 27.5. The Morgan fingerprint density at radius 3 is 2.47 bits per heavy atom. The van der Waals surface area contributed by atoms with Gasteiger partial charge in [0.2, 0.25) is 10.0 Å². The van der Waals surface area contributed by atoms with Crippen molar-refractivity contribution in [1.82, 2.24) is 4.31 Å². The van der Waals surface area contributed by atoms with E-state index >= 15 is 0 Å². The number of nitriles is 1. The molecule has 0 radical (unpaired) electrons. The predicted octanol–water partition coefficient (Wildman–Crippen LogP) is 0.0301. The van der Waals surface area contributed by atoms with Crippen molar-refractivity contribution in [2.75, 3.05) is 26.4 Å². The summed E-state index contributed by atoms with van der Waals surface area (Å²) in [4.78, 5) is 11.6. The molecule has 2 aromatic rings. The van der Waals surface area contributed by atoms with Gasteiger partial charge in [-0.25, -0.2) is 12.8 Å². The fourth-order valence-electron chi connectivity index (χ4n) is 3.01. The van der Waals surface area contributed by atoms with Crippen LogP contribution in [0.15, 0.2) is 41.3 Å². The first-order chi connectivity index (χ1) is 14.3. The van der Waals surface area contributed by atoms with E-state index in [4.69, 9.17) is 37.7 Å². The van der Waals surface area contributed by atoms with E-state index in [-0.39, 0.29) is 75.5 Å². The van der Waals surface area contributed by atoms with Crippen LogP contribution in [0.5, 0.6) is 5.75 Å². The third-order valence-electron chi connectivity index (χ3n) is 4.36. The molecule has 0 N–H and O–H groups in total. The zero-order chi connectivity index (χ0) is 23.0. The van der Waals surface area contributed by atoms with Crippen molar-refractivity contribution >= 4 is 40.8 Å². The fourth-order valence-corrected chi connectivity index (χ4v) is 6.21. The molecule has 3 rings (SSSR count). The van der Waals surface area contributed by atoms with E-state index in [1.54, 1.807) is 6.07 Å². The minimum absolute atomic E-state index is 0. The number of nitrogens with zero attached hydrogens (tertiary/aromatic N) is 2. The fraction of sp³-hybridized carbons (Fsp3) is 0.278. The third kappa shape index (κ3) is 6.24. The third-order valence-corrected chi connectivity index (χ3v) is 7.59. The van der Waals surface area contributed by atoms with Gasteiger partial charge in [0.25, 0.3) is 0 Å². The zero-order valence-corrected chi connectivity index (χ0v) is 22.1. The Balaban J connectivity index is 0.00000363. The van der Waals surface area contributed by atoms with Gasteiger partial charge < -0.3 is 18.7 Å². The van der Waals surface area contributed by atoms with Crippen molar-refractivity contribution in [3.63, 3.8) is 0 Å². The van der Waals surface area contributed by atoms with Gasteiger partial charge in [-0.2, -0.15) is 9.57 Å². The van der Waals surface area contributed by atoms with E-state index < -0.39 is 29.0 Å². The zero-order valence-electron chi connectivity index (χ0n) is 16.9. The maximum atomic E-state index is 13.8. The largest absolute Gasteiger partial charge is 1.00 e. The maximum absolute atomic E-state index is 13.8. The first-order valence-corrected chi connectivity index (χ1v) is 12.8. The second-order valence-corrected chi connectivity index (χ2v) is 11.4. The summed E-state index contributed by atoms with van der Waals surface area (Å²) in [5.74, 6) is -0.784. The van der Waals surface area contributed by atoms with Crippen LogP contribution >= 0.6 is 30.8 Å². The van der Waals surface area contributed by atoms with Gasteiger partial charge in [-0.1, -0.05) is 23.2 Å². The van der Waals surface area contributed by atoms with Crippen molar-refractivity contribution in [2.24, 2.45) is 0 Å². The normalized spacial score (nSPS) is 17.4. The summed E-state index contributed by atoms with van der Waals surface area (Å²) in [6, 6.07) is 9.06. The van der Waals surface area contributed by atoms with Gasteiger partial charge in [-0.3, -0.25) is 0 Å². The van der Waals surface area contributed by atoms with Crippen LogP contribution in [-0.4, -0.2) is 44.7 Å². The molecule has 0 amide bonds. The van der Waals surface area contributed by atoms with Crippen LogP contribution < -0.4 is 39.2 Å². The van der Waals surface area contributed by atoms with E-state index in [1.807, 2.05) is 0 Å². The Bertz CT molecular complexity index is 1210. The summed E-state index contributed by atoms with van der Waals surface area (Å²) in [6.45, 7) is -0.206. The van der Waals surface area contributed by atoms with Crippen molar-refractivity contribution in [1.29, 1.82) is 5.26 Å². The topological polar surface area (TPSA) is 120 Å². The van der Waals surface area contributed by atoms with Gasteiger partial charge in [0.15, 0.2) is 0 Å². The Hall–Kier alpha value is -0.700. The molecule has 0 spiro atoms. The van der Waals surface area contributed by atoms with Gasteiger partial charge in [-0.15, -0.1) is 0 Å². The smallest absolute Gasteiger partial charge is 0.779 e. The Labute approximate surface area is 216 Å². The molecule has 2 aromatic carbocycles. The number of rotatable bonds is 7. The molecule has 1 atom stereocenters. The van der Waals surface area contributed by atoms with Crippen LogP contribution in [0.4, 0.5) is 4.39 Å². The predicted molar refractivity (Wildman–Crippen MR) is 109 cm³/mol. The average Bonchev–Trinajstić information content (AvgIpc) is 2.62. The molecule has 8 nitrogen and oxygen atoms in total. The second-order valence-electron chi connectivity index (χ2n) is 6.94. The molecule has 0 aliphatic carbocycles. The van der Waals surface area contributed by atoms with Crippen molar-refractivity contribution in [3.05, 3.63) is 57.8 Å². The summed E-state index contributed by atoms with van der Waals surface area (Å²) >= 11 is 11.8. The summed E-state index contributed by atoms with van der Waals surface area (Å²) in [5.41, 5.74) is -1.70.